The van der Waals surface area contributed by atoms with Gasteiger partial charge in [-0.1, -0.05) is 67.2 Å². The molecule has 6 nitrogen and oxygen atoms in total. The lowest BCUT2D eigenvalue weighted by atomic mass is 9.96. The van der Waals surface area contributed by atoms with Crippen molar-refractivity contribution in [2.24, 2.45) is 0 Å². The van der Waals surface area contributed by atoms with Gasteiger partial charge >= 0.3 is 5.97 Å². The molecule has 5 rings (SSSR count). The minimum atomic E-state index is -1.14. The number of hydrogen-bond acceptors (Lipinski definition) is 6. The number of fused-ring (bicyclic) bond motifs is 2. The number of carboxylic acid groups (broad SMARTS) is 1. The van der Waals surface area contributed by atoms with Crippen LogP contribution in [-0.4, -0.2) is 41.0 Å². The molecule has 0 bridgehead atoms. The smallest absolute Gasteiger partial charge is 0.353 e. The number of methoxy groups -OCH3 is 1. The van der Waals surface area contributed by atoms with Crippen LogP contribution in [0, 0.1) is 6.92 Å². The number of carboxylic acids is 1. The molecule has 3 aromatic carbocycles. The predicted molar refractivity (Wildman–Crippen MR) is 147 cm³/mol. The first-order chi connectivity index (χ1) is 17.9. The second kappa shape index (κ2) is 10.4. The second-order valence-corrected chi connectivity index (χ2v) is 10.0. The van der Waals surface area contributed by atoms with E-state index in [1.165, 1.54) is 16.7 Å². The van der Waals surface area contributed by atoms with E-state index >= 15 is 0 Å². The van der Waals surface area contributed by atoms with Crippen LogP contribution in [0.25, 0.3) is 15.7 Å². The van der Waals surface area contributed by atoms with E-state index in [0.29, 0.717) is 28.7 Å². The molecule has 3 aromatic rings. The Bertz CT molecular complexity index is 1470. The molecule has 2 aliphatic rings. The van der Waals surface area contributed by atoms with E-state index in [4.69, 9.17) is 9.47 Å². The molecule has 1 unspecified atom stereocenters. The summed E-state index contributed by atoms with van der Waals surface area (Å²) >= 11 is 1.31. The van der Waals surface area contributed by atoms with Gasteiger partial charge in [0.1, 0.15) is 16.5 Å². The highest BCUT2D eigenvalue weighted by Gasteiger charge is 2.42. The van der Waals surface area contributed by atoms with Crippen molar-refractivity contribution in [1.29, 1.82) is 0 Å². The Kier molecular flexibility index (Phi) is 7.00. The minimum Gasteiger partial charge on any atom is -0.494 e. The molecule has 0 amide bonds. The van der Waals surface area contributed by atoms with Crippen LogP contribution in [0.3, 0.4) is 0 Å². The average Bonchev–Trinajstić information content (AvgIpc) is 3.30. The van der Waals surface area contributed by atoms with Gasteiger partial charge in [0.2, 0.25) is 0 Å². The van der Waals surface area contributed by atoms with Gasteiger partial charge in [0.05, 0.1) is 18.6 Å². The summed E-state index contributed by atoms with van der Waals surface area (Å²) in [6.45, 7) is 4.61. The quantitative estimate of drug-likeness (QED) is 0.378. The number of thioether (sulfide) groups is 1. The minimum absolute atomic E-state index is 0.0316. The van der Waals surface area contributed by atoms with Crippen molar-refractivity contribution in [3.63, 3.8) is 0 Å². The maximum Gasteiger partial charge on any atom is 0.353 e. The summed E-state index contributed by atoms with van der Waals surface area (Å²) in [5.41, 5.74) is 3.63. The van der Waals surface area contributed by atoms with Crippen molar-refractivity contribution in [1.82, 2.24) is 4.90 Å². The van der Waals surface area contributed by atoms with Crippen LogP contribution in [0.15, 0.2) is 88.8 Å². The second-order valence-electron chi connectivity index (χ2n) is 9.04. The molecule has 0 fully saturated rings. The van der Waals surface area contributed by atoms with E-state index in [1.54, 1.807) is 13.2 Å². The van der Waals surface area contributed by atoms with Crippen molar-refractivity contribution in [2.45, 2.75) is 32.9 Å². The lowest BCUT2D eigenvalue weighted by Crippen LogP contribution is -2.36. The molecular weight excluding hydrogens is 486 g/mol. The van der Waals surface area contributed by atoms with E-state index in [1.807, 2.05) is 50.2 Å². The molecule has 0 radical (unpaired) electrons. The first-order valence-corrected chi connectivity index (χ1v) is 13.1. The third-order valence-corrected chi connectivity index (χ3v) is 7.75. The zero-order valence-electron chi connectivity index (χ0n) is 21.0. The molecule has 0 saturated heterocycles. The summed E-state index contributed by atoms with van der Waals surface area (Å²) < 4.78 is 11.6. The van der Waals surface area contributed by atoms with Crippen molar-refractivity contribution >= 4 is 33.4 Å². The number of allylic oxidation sites excluding steroid dienone is 1. The summed E-state index contributed by atoms with van der Waals surface area (Å²) in [5.74, 6) is 0.234. The van der Waals surface area contributed by atoms with Gasteiger partial charge in [-0.15, -0.1) is 0 Å². The van der Waals surface area contributed by atoms with Gasteiger partial charge in [-0.3, -0.25) is 4.90 Å². The summed E-state index contributed by atoms with van der Waals surface area (Å²) in [4.78, 5) is 14.5. The molecule has 190 valence electrons. The van der Waals surface area contributed by atoms with Crippen molar-refractivity contribution in [3.8, 4) is 5.75 Å². The highest BCUT2D eigenvalue weighted by Crippen LogP contribution is 2.52. The van der Waals surface area contributed by atoms with Gasteiger partial charge in [0.15, 0.2) is 12.0 Å². The Morgan fingerprint density at radius 1 is 1.11 bits per heavy atom. The number of aliphatic hydroxyl groups is 1. The van der Waals surface area contributed by atoms with Gasteiger partial charge in [0, 0.05) is 12.0 Å². The maximum absolute atomic E-state index is 12.5. The Morgan fingerprint density at radius 2 is 1.89 bits per heavy atom. The van der Waals surface area contributed by atoms with Gasteiger partial charge in [0.25, 0.3) is 0 Å². The molecule has 0 aliphatic carbocycles. The number of rotatable bonds is 8. The predicted octanol–water partition coefficient (Wildman–Crippen LogP) is 6.06. The van der Waals surface area contributed by atoms with Gasteiger partial charge < -0.3 is 19.7 Å². The van der Waals surface area contributed by atoms with Crippen LogP contribution in [0.5, 0.6) is 5.75 Å². The number of carbonyl (C=O) groups is 1. The fourth-order valence-electron chi connectivity index (χ4n) is 4.85. The van der Waals surface area contributed by atoms with E-state index < -0.39 is 12.2 Å². The Hall–Kier alpha value is -3.68. The summed E-state index contributed by atoms with van der Waals surface area (Å²) in [7, 11) is 1.58. The van der Waals surface area contributed by atoms with Crippen LogP contribution in [-0.2, 0) is 16.0 Å². The molecular formula is C30H29NO5S. The largest absolute Gasteiger partial charge is 0.494 e. The Labute approximate surface area is 220 Å². The summed E-state index contributed by atoms with van der Waals surface area (Å²) in [6, 6.07) is 20.0. The first kappa shape index (κ1) is 25.0. The lowest BCUT2D eigenvalue weighted by Gasteiger charge is -2.31. The molecule has 0 spiro atoms. The average molecular weight is 516 g/mol. The molecule has 1 atom stereocenters. The first-order valence-electron chi connectivity index (χ1n) is 12.3. The zero-order valence-corrected chi connectivity index (χ0v) is 21.8. The van der Waals surface area contributed by atoms with Crippen molar-refractivity contribution < 1.29 is 24.5 Å². The topological polar surface area (TPSA) is 79.2 Å². The van der Waals surface area contributed by atoms with Gasteiger partial charge in [-0.05, 0) is 59.0 Å². The number of nitrogens with zero attached hydrogens (tertiary/aromatic N) is 1. The van der Waals surface area contributed by atoms with Crippen LogP contribution in [0.1, 0.15) is 30.0 Å². The van der Waals surface area contributed by atoms with E-state index in [9.17, 15) is 15.0 Å². The van der Waals surface area contributed by atoms with E-state index in [0.717, 1.165) is 45.2 Å². The standard InChI is InChI=1S/C30H29NO5S/c1-4-14-36-24-13-12-21(15-18(24)2)28-26(30(33)34)31-25(32)17-22(27(35-3)29(31)37-28)16-20-10-7-9-19-8-5-6-11-23(19)20/h5-13,15,17,25,32H,4,14,16H2,1-3H3,(H,33,34). The summed E-state index contributed by atoms with van der Waals surface area (Å²) in [6.07, 6.45) is 1.99. The molecule has 2 heterocycles. The molecule has 0 saturated carbocycles. The normalized spacial score (nSPS) is 17.2. The number of benzene rings is 3. The van der Waals surface area contributed by atoms with Crippen LogP contribution >= 0.6 is 11.8 Å². The highest BCUT2D eigenvalue weighted by atomic mass is 32.2. The number of aliphatic hydroxyl groups excluding tert-OH is 1. The SMILES string of the molecule is CCCOc1ccc(C2=C(C(=O)O)N3C(=C(OC)C(Cc4cccc5ccccc45)=CC3O)S2)cc1C. The van der Waals surface area contributed by atoms with Crippen LogP contribution in [0.4, 0.5) is 0 Å². The Balaban J connectivity index is 1.54. The van der Waals surface area contributed by atoms with Crippen molar-refractivity contribution in [2.75, 3.05) is 13.7 Å². The van der Waals surface area contributed by atoms with E-state index in [2.05, 4.69) is 24.3 Å². The van der Waals surface area contributed by atoms with Crippen LogP contribution < -0.4 is 4.74 Å². The van der Waals surface area contributed by atoms with Gasteiger partial charge in [-0.25, -0.2) is 4.79 Å². The third-order valence-electron chi connectivity index (χ3n) is 6.54. The third kappa shape index (κ3) is 4.61. The number of aryl methyl sites for hydroxylation is 1. The number of hydrogen-bond donors (Lipinski definition) is 2. The number of aliphatic carboxylic acids is 1. The molecule has 2 N–H and O–H groups in total. The fraction of sp³-hybridized carbons (Fsp3) is 0.233. The summed E-state index contributed by atoms with van der Waals surface area (Å²) in [5, 5.41) is 24.2. The maximum atomic E-state index is 12.5. The van der Waals surface area contributed by atoms with Crippen LogP contribution in [0.2, 0.25) is 0 Å². The monoisotopic (exact) mass is 515 g/mol. The highest BCUT2D eigenvalue weighted by molar-refractivity contribution is 8.12. The fourth-order valence-corrected chi connectivity index (χ4v) is 6.18. The lowest BCUT2D eigenvalue weighted by molar-refractivity contribution is -0.135. The van der Waals surface area contributed by atoms with Gasteiger partial charge in [-0.2, -0.15) is 0 Å². The molecule has 2 aliphatic heterocycles. The Morgan fingerprint density at radius 3 is 2.62 bits per heavy atom. The van der Waals surface area contributed by atoms with E-state index in [-0.39, 0.29) is 5.70 Å². The molecule has 37 heavy (non-hydrogen) atoms. The molecule has 0 aromatic heterocycles. The number of ether oxygens (including phenoxy) is 2. The van der Waals surface area contributed by atoms with Crippen molar-refractivity contribution in [3.05, 3.63) is 105 Å². The molecule has 7 heteroatoms. The zero-order chi connectivity index (χ0) is 26.1.